The van der Waals surface area contributed by atoms with Gasteiger partial charge in [0.25, 0.3) is 0 Å². The smallest absolute Gasteiger partial charge is 0.321 e. The molecule has 0 saturated heterocycles. The van der Waals surface area contributed by atoms with E-state index >= 15 is 0 Å². The van der Waals surface area contributed by atoms with E-state index in [1.54, 1.807) is 0 Å². The predicted octanol–water partition coefficient (Wildman–Crippen LogP) is 6.00. The lowest BCUT2D eigenvalue weighted by atomic mass is 10.0. The van der Waals surface area contributed by atoms with Gasteiger partial charge in [-0.1, -0.05) is 58.4 Å². The number of hydrogen-bond donors (Lipinski definition) is 3. The highest BCUT2D eigenvalue weighted by Crippen LogP contribution is 2.34. The van der Waals surface area contributed by atoms with Crippen LogP contribution in [0.1, 0.15) is 29.2 Å². The van der Waals surface area contributed by atoms with E-state index in [9.17, 15) is 9.90 Å². The van der Waals surface area contributed by atoms with Gasteiger partial charge >= 0.3 is 5.97 Å². The molecule has 1 unspecified atom stereocenters. The lowest BCUT2D eigenvalue weighted by molar-refractivity contribution is -0.139. The Morgan fingerprint density at radius 2 is 1.77 bits per heavy atom. The lowest BCUT2D eigenvalue weighted by Gasteiger charge is -2.18. The number of fused-ring (bicyclic) bond motifs is 1. The number of H-pyrrole nitrogens is 1. The molecule has 6 nitrogen and oxygen atoms in total. The fourth-order valence-corrected chi connectivity index (χ4v) is 4.48. The number of halogens is 1. The van der Waals surface area contributed by atoms with E-state index in [0.717, 1.165) is 32.1 Å². The molecule has 0 bridgehead atoms. The Morgan fingerprint density at radius 3 is 2.54 bits per heavy atom. The van der Waals surface area contributed by atoms with Crippen LogP contribution >= 0.6 is 15.9 Å². The topological polar surface area (TPSA) is 83.6 Å². The molecule has 1 atom stereocenters. The van der Waals surface area contributed by atoms with Crippen molar-refractivity contribution in [2.75, 3.05) is 6.61 Å². The van der Waals surface area contributed by atoms with Crippen molar-refractivity contribution in [3.05, 3.63) is 93.6 Å². The maximum atomic E-state index is 12.0. The van der Waals surface area contributed by atoms with Gasteiger partial charge in [0.1, 0.15) is 12.6 Å². The maximum Gasteiger partial charge on any atom is 0.321 e. The van der Waals surface area contributed by atoms with Gasteiger partial charge in [0.2, 0.25) is 0 Å². The Balaban J connectivity index is 1.48. The predicted molar refractivity (Wildman–Crippen MR) is 141 cm³/mol. The van der Waals surface area contributed by atoms with Gasteiger partial charge in [0, 0.05) is 34.5 Å². The SMILES string of the molecule is CCOc1cc(CNC(Cc2c[nH]c3ccccc23)C(=O)O)c(Br)cc1OCc1ccccc1C. The summed E-state index contributed by atoms with van der Waals surface area (Å²) in [5.74, 6) is 0.374. The van der Waals surface area contributed by atoms with Crippen molar-refractivity contribution >= 4 is 32.8 Å². The van der Waals surface area contributed by atoms with Crippen LogP contribution in [0, 0.1) is 6.92 Å². The Kier molecular flexibility index (Phi) is 8.10. The quantitative estimate of drug-likeness (QED) is 0.219. The number of hydrogen-bond acceptors (Lipinski definition) is 4. The second-order valence-electron chi connectivity index (χ2n) is 8.37. The van der Waals surface area contributed by atoms with Crippen molar-refractivity contribution < 1.29 is 19.4 Å². The first-order valence-corrected chi connectivity index (χ1v) is 12.4. The Bertz CT molecular complexity index is 1320. The number of benzene rings is 3. The number of aromatic amines is 1. The number of carbonyl (C=O) groups is 1. The molecule has 3 aromatic carbocycles. The average Bonchev–Trinajstić information content (AvgIpc) is 3.26. The summed E-state index contributed by atoms with van der Waals surface area (Å²) in [6.45, 7) is 5.27. The number of rotatable bonds is 11. The fraction of sp³-hybridized carbons (Fsp3) is 0.250. The summed E-state index contributed by atoms with van der Waals surface area (Å²) < 4.78 is 12.8. The maximum absolute atomic E-state index is 12.0. The van der Waals surface area contributed by atoms with Crippen LogP contribution in [0.3, 0.4) is 0 Å². The van der Waals surface area contributed by atoms with Gasteiger partial charge in [0.15, 0.2) is 11.5 Å². The molecule has 0 saturated carbocycles. The number of aromatic nitrogens is 1. The first kappa shape index (κ1) is 24.8. The molecule has 0 amide bonds. The van der Waals surface area contributed by atoms with Crippen LogP contribution in [0.25, 0.3) is 10.9 Å². The summed E-state index contributed by atoms with van der Waals surface area (Å²) in [6, 6.07) is 19.0. The van der Waals surface area contributed by atoms with Crippen molar-refractivity contribution in [2.24, 2.45) is 0 Å². The number of carboxylic acid groups (broad SMARTS) is 1. The molecule has 182 valence electrons. The zero-order chi connectivity index (χ0) is 24.8. The van der Waals surface area contributed by atoms with E-state index in [-0.39, 0.29) is 0 Å². The van der Waals surface area contributed by atoms with Crippen LogP contribution in [0.5, 0.6) is 11.5 Å². The number of aliphatic carboxylic acids is 1. The van der Waals surface area contributed by atoms with Crippen LogP contribution < -0.4 is 14.8 Å². The second kappa shape index (κ2) is 11.4. The number of nitrogens with one attached hydrogen (secondary N) is 2. The van der Waals surface area contributed by atoms with Crippen LogP contribution in [-0.4, -0.2) is 28.7 Å². The number of carboxylic acids is 1. The lowest BCUT2D eigenvalue weighted by Crippen LogP contribution is -2.38. The highest BCUT2D eigenvalue weighted by molar-refractivity contribution is 9.10. The molecule has 1 aromatic heterocycles. The third-order valence-corrected chi connectivity index (χ3v) is 6.73. The molecule has 1 heterocycles. The summed E-state index contributed by atoms with van der Waals surface area (Å²) in [7, 11) is 0. The van der Waals surface area contributed by atoms with E-state index in [1.165, 1.54) is 5.56 Å². The molecule has 35 heavy (non-hydrogen) atoms. The van der Waals surface area contributed by atoms with Crippen molar-refractivity contribution in [2.45, 2.75) is 39.5 Å². The monoisotopic (exact) mass is 536 g/mol. The van der Waals surface area contributed by atoms with Gasteiger partial charge in [-0.25, -0.2) is 0 Å². The largest absolute Gasteiger partial charge is 0.490 e. The summed E-state index contributed by atoms with van der Waals surface area (Å²) >= 11 is 3.63. The van der Waals surface area contributed by atoms with Crippen molar-refractivity contribution in [3.8, 4) is 11.5 Å². The van der Waals surface area contributed by atoms with E-state index in [0.29, 0.717) is 37.7 Å². The fourth-order valence-electron chi connectivity index (χ4n) is 4.02. The standard InChI is InChI=1S/C28H29BrN2O4/c1-3-34-26-13-21(23(29)14-27(26)35-17-19-9-5-4-8-18(19)2)16-31-25(28(32)33)12-20-15-30-24-11-7-6-10-22(20)24/h4-11,13-15,25,30-31H,3,12,16-17H2,1-2H3,(H,32,33). The molecular formula is C28H29BrN2O4. The summed E-state index contributed by atoms with van der Waals surface area (Å²) in [6.07, 6.45) is 2.25. The zero-order valence-electron chi connectivity index (χ0n) is 19.8. The zero-order valence-corrected chi connectivity index (χ0v) is 21.4. The molecule has 0 aliphatic heterocycles. The Morgan fingerprint density at radius 1 is 1.03 bits per heavy atom. The highest BCUT2D eigenvalue weighted by Gasteiger charge is 2.20. The molecule has 0 aliphatic carbocycles. The molecule has 3 N–H and O–H groups in total. The number of para-hydroxylation sites is 1. The first-order chi connectivity index (χ1) is 17.0. The molecule has 0 spiro atoms. The third-order valence-electron chi connectivity index (χ3n) is 5.99. The Labute approximate surface area is 213 Å². The average molecular weight is 537 g/mol. The summed E-state index contributed by atoms with van der Waals surface area (Å²) in [5, 5.41) is 14.1. The van der Waals surface area contributed by atoms with E-state index < -0.39 is 12.0 Å². The van der Waals surface area contributed by atoms with Crippen molar-refractivity contribution in [3.63, 3.8) is 0 Å². The second-order valence-corrected chi connectivity index (χ2v) is 9.23. The summed E-state index contributed by atoms with van der Waals surface area (Å²) in [5.41, 5.74) is 5.13. The molecule has 7 heteroatoms. The van der Waals surface area contributed by atoms with Crippen molar-refractivity contribution in [1.82, 2.24) is 10.3 Å². The van der Waals surface area contributed by atoms with Crippen LogP contribution in [0.15, 0.2) is 71.3 Å². The van der Waals surface area contributed by atoms with Gasteiger partial charge in [-0.15, -0.1) is 0 Å². The Hall–Kier alpha value is -3.29. The number of aryl methyl sites for hydroxylation is 1. The molecule has 0 aliphatic rings. The van der Waals surface area contributed by atoms with Crippen LogP contribution in [0.4, 0.5) is 0 Å². The van der Waals surface area contributed by atoms with Crippen LogP contribution in [0.2, 0.25) is 0 Å². The third kappa shape index (κ3) is 6.05. The minimum Gasteiger partial charge on any atom is -0.490 e. The molecule has 0 radical (unpaired) electrons. The van der Waals surface area contributed by atoms with Gasteiger partial charge < -0.3 is 19.6 Å². The minimum absolute atomic E-state index is 0.359. The van der Waals surface area contributed by atoms with Gasteiger partial charge in [-0.2, -0.15) is 0 Å². The minimum atomic E-state index is -0.894. The normalized spacial score (nSPS) is 12.0. The highest BCUT2D eigenvalue weighted by atomic mass is 79.9. The molecular weight excluding hydrogens is 508 g/mol. The van der Waals surface area contributed by atoms with Gasteiger partial charge in [0.05, 0.1) is 6.61 Å². The molecule has 4 aromatic rings. The van der Waals surface area contributed by atoms with E-state index in [4.69, 9.17) is 9.47 Å². The molecule has 4 rings (SSSR count). The van der Waals surface area contributed by atoms with E-state index in [1.807, 2.05) is 67.7 Å². The first-order valence-electron chi connectivity index (χ1n) is 11.6. The molecule has 0 fully saturated rings. The van der Waals surface area contributed by atoms with E-state index in [2.05, 4.69) is 39.2 Å². The van der Waals surface area contributed by atoms with Gasteiger partial charge in [-0.3, -0.25) is 10.1 Å². The van der Waals surface area contributed by atoms with Gasteiger partial charge in [-0.05, 0) is 54.3 Å². The van der Waals surface area contributed by atoms with Crippen molar-refractivity contribution in [1.29, 1.82) is 0 Å². The summed E-state index contributed by atoms with van der Waals surface area (Å²) in [4.78, 5) is 15.2. The number of ether oxygens (including phenoxy) is 2. The van der Waals surface area contributed by atoms with Crippen LogP contribution in [-0.2, 0) is 24.4 Å².